The van der Waals surface area contributed by atoms with Crippen LogP contribution in [0.15, 0.2) is 53.6 Å². The third-order valence-electron chi connectivity index (χ3n) is 4.84. The first-order valence-corrected chi connectivity index (χ1v) is 10.9. The van der Waals surface area contributed by atoms with Crippen molar-refractivity contribution in [3.8, 4) is 11.5 Å². The van der Waals surface area contributed by atoms with Gasteiger partial charge in [-0.15, -0.1) is 0 Å². The molecule has 0 bridgehead atoms. The molecule has 0 aromatic heterocycles. The molecule has 0 unspecified atom stereocenters. The van der Waals surface area contributed by atoms with Crippen molar-refractivity contribution in [1.29, 1.82) is 0 Å². The predicted molar refractivity (Wildman–Crippen MR) is 127 cm³/mol. The van der Waals surface area contributed by atoms with Gasteiger partial charge >= 0.3 is 0 Å². The van der Waals surface area contributed by atoms with Crippen LogP contribution in [-0.4, -0.2) is 62.7 Å². The van der Waals surface area contributed by atoms with E-state index in [-0.39, 0.29) is 0 Å². The van der Waals surface area contributed by atoms with Crippen LogP contribution in [0.4, 0.5) is 0 Å². The molecule has 166 valence electrons. The molecule has 2 aromatic rings. The minimum absolute atomic E-state index is 0.484. The van der Waals surface area contributed by atoms with Gasteiger partial charge in [0.1, 0.15) is 6.61 Å². The van der Waals surface area contributed by atoms with Crippen molar-refractivity contribution >= 4 is 23.5 Å². The Labute approximate surface area is 189 Å². The Bertz CT molecular complexity index is 842. The quantitative estimate of drug-likeness (QED) is 0.254. The summed E-state index contributed by atoms with van der Waals surface area (Å²) in [4.78, 5) is 2.40. The number of nitrogens with one attached hydrogen (secondary N) is 2. The van der Waals surface area contributed by atoms with Gasteiger partial charge in [0.15, 0.2) is 16.6 Å². The fourth-order valence-corrected chi connectivity index (χ4v) is 3.31. The van der Waals surface area contributed by atoms with E-state index in [1.807, 2.05) is 48.5 Å². The summed E-state index contributed by atoms with van der Waals surface area (Å²) < 4.78 is 16.7. The molecule has 7 nitrogen and oxygen atoms in total. The Balaban J connectivity index is 1.39. The Morgan fingerprint density at radius 1 is 1.16 bits per heavy atom. The number of nitrogens with zero attached hydrogens (tertiary/aromatic N) is 2. The highest BCUT2D eigenvalue weighted by Crippen LogP contribution is 2.28. The van der Waals surface area contributed by atoms with Crippen molar-refractivity contribution in [3.05, 3.63) is 59.7 Å². The summed E-state index contributed by atoms with van der Waals surface area (Å²) in [5.74, 6) is 1.35. The third kappa shape index (κ3) is 8.16. The highest BCUT2D eigenvalue weighted by atomic mass is 32.1. The molecular weight excluding hydrogens is 412 g/mol. The van der Waals surface area contributed by atoms with E-state index in [1.165, 1.54) is 0 Å². The van der Waals surface area contributed by atoms with Gasteiger partial charge in [-0.2, -0.15) is 5.10 Å². The monoisotopic (exact) mass is 442 g/mol. The lowest BCUT2D eigenvalue weighted by Gasteiger charge is -2.26. The molecule has 1 aliphatic rings. The average molecular weight is 443 g/mol. The molecule has 31 heavy (non-hydrogen) atoms. The summed E-state index contributed by atoms with van der Waals surface area (Å²) in [7, 11) is 1.62. The summed E-state index contributed by atoms with van der Waals surface area (Å²) in [6, 6.07) is 15.7. The lowest BCUT2D eigenvalue weighted by atomic mass is 10.2. The molecule has 1 aliphatic heterocycles. The van der Waals surface area contributed by atoms with Gasteiger partial charge in [0.25, 0.3) is 0 Å². The Kier molecular flexibility index (Phi) is 9.56. The van der Waals surface area contributed by atoms with E-state index in [4.69, 9.17) is 26.4 Å². The molecule has 8 heteroatoms. The van der Waals surface area contributed by atoms with Gasteiger partial charge < -0.3 is 19.5 Å². The van der Waals surface area contributed by atoms with Crippen LogP contribution >= 0.6 is 12.2 Å². The number of hydrogen-bond acceptors (Lipinski definition) is 6. The standard InChI is InChI=1S/C23H30N4O3S/c1-28-22-16-20(8-9-21(22)30-18-19-6-3-2-4-7-19)17-25-26-23(31)24-10-5-11-27-12-14-29-15-13-27/h2-4,6-9,16-17H,5,10-15,18H2,1H3,(H2,24,26,31)/b25-17+. The van der Waals surface area contributed by atoms with Crippen LogP contribution in [0, 0.1) is 0 Å². The number of hydrazone groups is 1. The summed E-state index contributed by atoms with van der Waals surface area (Å²) in [6.07, 6.45) is 2.72. The number of rotatable bonds is 10. The van der Waals surface area contributed by atoms with Crippen molar-refractivity contribution in [2.24, 2.45) is 5.10 Å². The first-order valence-electron chi connectivity index (χ1n) is 10.5. The van der Waals surface area contributed by atoms with Gasteiger partial charge in [-0.05, 0) is 54.5 Å². The van der Waals surface area contributed by atoms with Crippen LogP contribution < -0.4 is 20.2 Å². The molecule has 2 N–H and O–H groups in total. The highest BCUT2D eigenvalue weighted by Gasteiger charge is 2.09. The fraction of sp³-hybridized carbons (Fsp3) is 0.391. The van der Waals surface area contributed by atoms with Crippen LogP contribution in [0.1, 0.15) is 17.5 Å². The van der Waals surface area contributed by atoms with Crippen LogP contribution in [0.25, 0.3) is 0 Å². The van der Waals surface area contributed by atoms with Crippen LogP contribution in [0.5, 0.6) is 11.5 Å². The second-order valence-corrected chi connectivity index (χ2v) is 7.53. The van der Waals surface area contributed by atoms with Crippen molar-refractivity contribution in [3.63, 3.8) is 0 Å². The summed E-state index contributed by atoms with van der Waals surface area (Å²) in [5, 5.41) is 7.89. The Hall–Kier alpha value is -2.68. The smallest absolute Gasteiger partial charge is 0.186 e. The third-order valence-corrected chi connectivity index (χ3v) is 5.08. The van der Waals surface area contributed by atoms with E-state index in [0.717, 1.165) is 56.9 Å². The largest absolute Gasteiger partial charge is 0.493 e. The molecule has 0 aliphatic carbocycles. The maximum Gasteiger partial charge on any atom is 0.186 e. The van der Waals surface area contributed by atoms with Gasteiger partial charge in [0, 0.05) is 19.6 Å². The summed E-state index contributed by atoms with van der Waals surface area (Å²) >= 11 is 5.28. The molecule has 0 saturated carbocycles. The number of hydrogen-bond donors (Lipinski definition) is 2. The molecule has 1 saturated heterocycles. The van der Waals surface area contributed by atoms with Crippen LogP contribution in [0.2, 0.25) is 0 Å². The van der Waals surface area contributed by atoms with Crippen LogP contribution in [0.3, 0.4) is 0 Å². The first-order chi connectivity index (χ1) is 15.2. The number of benzene rings is 2. The Morgan fingerprint density at radius 2 is 1.97 bits per heavy atom. The van der Waals surface area contributed by atoms with Crippen molar-refractivity contribution in [2.75, 3.05) is 46.5 Å². The van der Waals surface area contributed by atoms with Gasteiger partial charge in [-0.25, -0.2) is 0 Å². The zero-order valence-electron chi connectivity index (χ0n) is 17.9. The van der Waals surface area contributed by atoms with E-state index >= 15 is 0 Å². The molecule has 0 spiro atoms. The molecular formula is C23H30N4O3S. The number of thiocarbonyl (C=S) groups is 1. The molecule has 2 aromatic carbocycles. The van der Waals surface area contributed by atoms with E-state index in [2.05, 4.69) is 20.7 Å². The zero-order valence-corrected chi connectivity index (χ0v) is 18.7. The van der Waals surface area contributed by atoms with E-state index < -0.39 is 0 Å². The minimum Gasteiger partial charge on any atom is -0.493 e. The number of ether oxygens (including phenoxy) is 3. The lowest BCUT2D eigenvalue weighted by molar-refractivity contribution is 0.0376. The molecule has 0 radical (unpaired) electrons. The molecule has 3 rings (SSSR count). The zero-order chi connectivity index (χ0) is 21.7. The van der Waals surface area contributed by atoms with E-state index in [1.54, 1.807) is 13.3 Å². The lowest BCUT2D eigenvalue weighted by Crippen LogP contribution is -2.39. The minimum atomic E-state index is 0.484. The van der Waals surface area contributed by atoms with Gasteiger partial charge in [0.2, 0.25) is 0 Å². The number of methoxy groups -OCH3 is 1. The van der Waals surface area contributed by atoms with Crippen molar-refractivity contribution < 1.29 is 14.2 Å². The fourth-order valence-electron chi connectivity index (χ4n) is 3.15. The van der Waals surface area contributed by atoms with E-state index in [9.17, 15) is 0 Å². The SMILES string of the molecule is COc1cc(/C=N/NC(=S)NCCCN2CCOCC2)ccc1OCc1ccccc1. The second kappa shape index (κ2) is 12.9. The van der Waals surface area contributed by atoms with Gasteiger partial charge in [-0.1, -0.05) is 30.3 Å². The topological polar surface area (TPSA) is 67.4 Å². The van der Waals surface area contributed by atoms with Gasteiger partial charge in [-0.3, -0.25) is 10.3 Å². The maximum atomic E-state index is 5.88. The summed E-state index contributed by atoms with van der Waals surface area (Å²) in [5.41, 5.74) is 4.84. The average Bonchev–Trinajstić information content (AvgIpc) is 2.82. The first kappa shape index (κ1) is 23.0. The number of morpholine rings is 1. The Morgan fingerprint density at radius 3 is 2.74 bits per heavy atom. The molecule has 0 atom stereocenters. The van der Waals surface area contributed by atoms with Gasteiger partial charge in [0.05, 0.1) is 26.5 Å². The molecule has 1 fully saturated rings. The predicted octanol–water partition coefficient (Wildman–Crippen LogP) is 2.79. The van der Waals surface area contributed by atoms with Crippen LogP contribution in [-0.2, 0) is 11.3 Å². The highest BCUT2D eigenvalue weighted by molar-refractivity contribution is 7.80. The van der Waals surface area contributed by atoms with Crippen molar-refractivity contribution in [2.45, 2.75) is 13.0 Å². The molecule has 1 heterocycles. The normalized spacial score (nSPS) is 14.4. The second-order valence-electron chi connectivity index (χ2n) is 7.12. The van der Waals surface area contributed by atoms with E-state index in [0.29, 0.717) is 23.2 Å². The molecule has 0 amide bonds. The van der Waals surface area contributed by atoms with Crippen molar-refractivity contribution in [1.82, 2.24) is 15.6 Å². The maximum absolute atomic E-state index is 5.88. The summed E-state index contributed by atoms with van der Waals surface area (Å²) in [6.45, 7) is 6.00.